The van der Waals surface area contributed by atoms with Crippen LogP contribution in [0.1, 0.15) is 12.0 Å². The Kier molecular flexibility index (Phi) is 5.10. The Labute approximate surface area is 145 Å². The van der Waals surface area contributed by atoms with Crippen molar-refractivity contribution in [1.82, 2.24) is 9.88 Å². The normalized spacial score (nSPS) is 19.4. The minimum absolute atomic E-state index is 0.00154. The number of nitrogens with one attached hydrogen (secondary N) is 1. The van der Waals surface area contributed by atoms with Crippen molar-refractivity contribution in [2.75, 3.05) is 31.8 Å². The zero-order chi connectivity index (χ0) is 18.0. The molecule has 0 radical (unpaired) electrons. The summed E-state index contributed by atoms with van der Waals surface area (Å²) in [5, 5.41) is 0.792. The highest BCUT2D eigenvalue weighted by molar-refractivity contribution is 7.91. The molecule has 0 bridgehead atoms. The van der Waals surface area contributed by atoms with Crippen molar-refractivity contribution in [1.29, 1.82) is 0 Å². The van der Waals surface area contributed by atoms with Gasteiger partial charge in [-0.05, 0) is 30.2 Å². The number of amides is 1. The highest BCUT2D eigenvalue weighted by Crippen LogP contribution is 2.22. The molecule has 1 aromatic carbocycles. The van der Waals surface area contributed by atoms with Gasteiger partial charge >= 0.3 is 0 Å². The fourth-order valence-electron chi connectivity index (χ4n) is 3.29. The van der Waals surface area contributed by atoms with E-state index in [1.54, 1.807) is 24.3 Å². The number of H-pyrrole nitrogens is 1. The van der Waals surface area contributed by atoms with Crippen molar-refractivity contribution in [2.45, 2.75) is 18.9 Å². The third-order valence-electron chi connectivity index (χ3n) is 4.58. The predicted octanol–water partition coefficient (Wildman–Crippen LogP) is 1.51. The van der Waals surface area contributed by atoms with Crippen LogP contribution in [0.15, 0.2) is 24.4 Å². The molecule has 1 atom stereocenters. The number of aromatic amines is 1. The topological polar surface area (TPSA) is 79.5 Å². The summed E-state index contributed by atoms with van der Waals surface area (Å²) >= 11 is 0. The largest absolute Gasteiger partial charge is 0.383 e. The average molecular weight is 368 g/mol. The van der Waals surface area contributed by atoms with Crippen LogP contribution in [0.3, 0.4) is 0 Å². The number of nitrogens with zero attached hydrogens (tertiary/aromatic N) is 1. The molecule has 136 valence electrons. The van der Waals surface area contributed by atoms with E-state index in [9.17, 15) is 17.6 Å². The Morgan fingerprint density at radius 1 is 1.44 bits per heavy atom. The van der Waals surface area contributed by atoms with E-state index >= 15 is 0 Å². The van der Waals surface area contributed by atoms with Gasteiger partial charge in [0.25, 0.3) is 0 Å². The number of aromatic nitrogens is 1. The molecule has 1 saturated heterocycles. The van der Waals surface area contributed by atoms with Gasteiger partial charge in [-0.25, -0.2) is 12.8 Å². The van der Waals surface area contributed by atoms with Crippen molar-refractivity contribution in [2.24, 2.45) is 0 Å². The van der Waals surface area contributed by atoms with Gasteiger partial charge in [0.1, 0.15) is 5.82 Å². The van der Waals surface area contributed by atoms with Crippen LogP contribution in [0.25, 0.3) is 10.9 Å². The summed E-state index contributed by atoms with van der Waals surface area (Å²) in [6.45, 7) is 0.702. The molecule has 1 aliphatic heterocycles. The molecule has 1 unspecified atom stereocenters. The highest BCUT2D eigenvalue weighted by Gasteiger charge is 2.34. The lowest BCUT2D eigenvalue weighted by atomic mass is 10.1. The first-order chi connectivity index (χ1) is 11.9. The van der Waals surface area contributed by atoms with Crippen LogP contribution < -0.4 is 0 Å². The van der Waals surface area contributed by atoms with Crippen molar-refractivity contribution >= 4 is 26.6 Å². The Balaban J connectivity index is 1.79. The summed E-state index contributed by atoms with van der Waals surface area (Å²) in [6.07, 6.45) is 2.28. The van der Waals surface area contributed by atoms with Gasteiger partial charge in [-0.2, -0.15) is 0 Å². The Morgan fingerprint density at radius 3 is 2.92 bits per heavy atom. The molecule has 3 rings (SSSR count). The quantitative estimate of drug-likeness (QED) is 0.838. The molecule has 0 aliphatic carbocycles. The molecule has 0 spiro atoms. The summed E-state index contributed by atoms with van der Waals surface area (Å²) in [5.41, 5.74) is 1.40. The summed E-state index contributed by atoms with van der Waals surface area (Å²) in [7, 11) is -1.54. The van der Waals surface area contributed by atoms with Crippen LogP contribution in [0.2, 0.25) is 0 Å². The number of hydrogen-bond acceptors (Lipinski definition) is 4. The van der Waals surface area contributed by atoms with Crippen LogP contribution in [0.5, 0.6) is 0 Å². The van der Waals surface area contributed by atoms with Crippen LogP contribution in [0.4, 0.5) is 4.39 Å². The van der Waals surface area contributed by atoms with E-state index in [1.165, 1.54) is 12.1 Å². The Bertz CT molecular complexity index is 878. The number of halogens is 1. The number of carbonyl (C=O) groups excluding carboxylic acids is 1. The maximum Gasteiger partial charge on any atom is 0.227 e. The third-order valence-corrected chi connectivity index (χ3v) is 6.33. The van der Waals surface area contributed by atoms with Crippen molar-refractivity contribution in [3.8, 4) is 0 Å². The van der Waals surface area contributed by atoms with Crippen molar-refractivity contribution in [3.63, 3.8) is 0 Å². The Hall–Kier alpha value is -1.93. The monoisotopic (exact) mass is 368 g/mol. The second-order valence-electron chi connectivity index (χ2n) is 6.32. The first-order valence-electron chi connectivity index (χ1n) is 8.14. The van der Waals surface area contributed by atoms with Gasteiger partial charge < -0.3 is 14.6 Å². The number of hydrogen-bond donors (Lipinski definition) is 1. The standard InChI is InChI=1S/C17H21FN2O4S/c1-24-6-5-20(14-4-7-25(22,23)11-14)17(21)8-12-10-19-16-9-13(18)2-3-15(12)16/h2-3,9-10,14,19H,4-8,11H2,1H3. The van der Waals surface area contributed by atoms with Crippen LogP contribution in [0, 0.1) is 5.82 Å². The maximum absolute atomic E-state index is 13.3. The second kappa shape index (κ2) is 7.13. The van der Waals surface area contributed by atoms with E-state index in [0.717, 1.165) is 10.9 Å². The minimum atomic E-state index is -3.08. The lowest BCUT2D eigenvalue weighted by Crippen LogP contribution is -2.43. The van der Waals surface area contributed by atoms with E-state index in [0.29, 0.717) is 25.1 Å². The van der Waals surface area contributed by atoms with E-state index in [2.05, 4.69) is 4.98 Å². The SMILES string of the molecule is COCCN(C(=O)Cc1c[nH]c2cc(F)ccc12)C1CCS(=O)(=O)C1. The molecule has 1 amide bonds. The number of benzene rings is 1. The Morgan fingerprint density at radius 2 is 2.24 bits per heavy atom. The van der Waals surface area contributed by atoms with Gasteiger partial charge in [-0.1, -0.05) is 0 Å². The molecule has 25 heavy (non-hydrogen) atoms. The van der Waals surface area contributed by atoms with Crippen LogP contribution >= 0.6 is 0 Å². The number of sulfone groups is 1. The molecular formula is C17H21FN2O4S. The van der Waals surface area contributed by atoms with E-state index in [4.69, 9.17) is 4.74 Å². The summed E-state index contributed by atoms with van der Waals surface area (Å²) in [4.78, 5) is 17.4. The molecule has 6 nitrogen and oxygen atoms in total. The number of methoxy groups -OCH3 is 1. The molecule has 1 aliphatic rings. The zero-order valence-corrected chi connectivity index (χ0v) is 14.8. The maximum atomic E-state index is 13.3. The fraction of sp³-hybridized carbons (Fsp3) is 0.471. The molecule has 1 fully saturated rings. The summed E-state index contributed by atoms with van der Waals surface area (Å²) < 4.78 is 41.9. The average Bonchev–Trinajstić information content (AvgIpc) is 3.11. The number of carbonyl (C=O) groups is 1. The van der Waals surface area contributed by atoms with Gasteiger partial charge in [-0.3, -0.25) is 4.79 Å². The predicted molar refractivity (Wildman–Crippen MR) is 92.6 cm³/mol. The summed E-state index contributed by atoms with van der Waals surface area (Å²) in [6, 6.07) is 4.07. The molecule has 0 saturated carbocycles. The zero-order valence-electron chi connectivity index (χ0n) is 14.0. The van der Waals surface area contributed by atoms with Gasteiger partial charge in [-0.15, -0.1) is 0 Å². The van der Waals surface area contributed by atoms with Gasteiger partial charge in [0.15, 0.2) is 9.84 Å². The number of rotatable bonds is 6. The van der Waals surface area contributed by atoms with Crippen molar-refractivity contribution < 1.29 is 22.3 Å². The van der Waals surface area contributed by atoms with Crippen LogP contribution in [-0.2, 0) is 25.8 Å². The van der Waals surface area contributed by atoms with E-state index in [-0.39, 0.29) is 35.7 Å². The lowest BCUT2D eigenvalue weighted by molar-refractivity contribution is -0.133. The molecule has 1 N–H and O–H groups in total. The molecular weight excluding hydrogens is 347 g/mol. The van der Waals surface area contributed by atoms with Gasteiger partial charge in [0.2, 0.25) is 5.91 Å². The molecule has 2 aromatic rings. The van der Waals surface area contributed by atoms with Crippen LogP contribution in [-0.4, -0.2) is 62.0 Å². The smallest absolute Gasteiger partial charge is 0.227 e. The molecule has 2 heterocycles. The van der Waals surface area contributed by atoms with Gasteiger partial charge in [0.05, 0.1) is 24.5 Å². The second-order valence-corrected chi connectivity index (χ2v) is 8.55. The molecule has 8 heteroatoms. The highest BCUT2D eigenvalue weighted by atomic mass is 32.2. The van der Waals surface area contributed by atoms with E-state index < -0.39 is 9.84 Å². The summed E-state index contributed by atoms with van der Waals surface area (Å²) in [5.74, 6) is -0.378. The number of ether oxygens (including phenoxy) is 1. The third kappa shape index (κ3) is 4.01. The molecule has 1 aromatic heterocycles. The fourth-order valence-corrected chi connectivity index (χ4v) is 5.02. The first-order valence-corrected chi connectivity index (χ1v) is 9.96. The lowest BCUT2D eigenvalue weighted by Gasteiger charge is -2.28. The van der Waals surface area contributed by atoms with Gasteiger partial charge in [0, 0.05) is 36.8 Å². The number of fused-ring (bicyclic) bond motifs is 1. The van der Waals surface area contributed by atoms with Crippen molar-refractivity contribution in [3.05, 3.63) is 35.8 Å². The van der Waals surface area contributed by atoms with E-state index in [1.807, 2.05) is 0 Å². The first kappa shape index (κ1) is 17.9. The minimum Gasteiger partial charge on any atom is -0.383 e.